The molecule has 0 saturated carbocycles. The van der Waals surface area contributed by atoms with Crippen molar-refractivity contribution in [3.63, 3.8) is 0 Å². The van der Waals surface area contributed by atoms with Gasteiger partial charge in [0.05, 0.1) is 10.6 Å². The third kappa shape index (κ3) is 3.95. The van der Waals surface area contributed by atoms with Crippen LogP contribution in [0.5, 0.6) is 0 Å². The van der Waals surface area contributed by atoms with Crippen LogP contribution >= 0.6 is 0 Å². The summed E-state index contributed by atoms with van der Waals surface area (Å²) in [6, 6.07) is 5.76. The minimum absolute atomic E-state index is 0.0787. The molecule has 0 spiro atoms. The lowest BCUT2D eigenvalue weighted by molar-refractivity contribution is 0.583. The number of nitrogens with one attached hydrogen (secondary N) is 1. The van der Waals surface area contributed by atoms with Crippen LogP contribution in [0, 0.1) is 6.92 Å². The van der Waals surface area contributed by atoms with Gasteiger partial charge in [0, 0.05) is 23.4 Å². The van der Waals surface area contributed by atoms with Crippen molar-refractivity contribution in [2.45, 2.75) is 16.7 Å². The summed E-state index contributed by atoms with van der Waals surface area (Å²) in [6.45, 7) is 1.47. The first-order valence-electron chi connectivity index (χ1n) is 8.16. The minimum atomic E-state index is -4.52. The Morgan fingerprint density at radius 2 is 1.76 bits per heavy atom. The summed E-state index contributed by atoms with van der Waals surface area (Å²) in [6.07, 6.45) is 0. The fourth-order valence-electron chi connectivity index (χ4n) is 2.95. The molecule has 1 aromatic carbocycles. The number of primary sulfonamides is 1. The quantitative estimate of drug-likeness (QED) is 0.376. The van der Waals surface area contributed by atoms with Crippen LogP contribution in [0.2, 0.25) is 0 Å². The Hall–Kier alpha value is -2.94. The number of nitrogens with zero attached hydrogens (tertiary/aromatic N) is 4. The summed E-state index contributed by atoms with van der Waals surface area (Å²) in [5.74, 6) is -0.279. The minimum Gasteiger partial charge on any atom is -0.384 e. The predicted octanol–water partition coefficient (Wildman–Crippen LogP) is -0.801. The van der Waals surface area contributed by atoms with Crippen LogP contribution in [0.25, 0.3) is 22.5 Å². The lowest BCUT2D eigenvalue weighted by atomic mass is 9.98. The maximum Gasteiger partial charge on any atom is 0.240 e. The molecule has 0 unspecified atom stereocenters. The lowest BCUT2D eigenvalue weighted by Gasteiger charge is -2.17. The SMILES string of the molecule is Cc1nc(N)ccc1-c1ccc(S(=O)(=O)CCN)c(S(N)(=O)=O)c1-c1nnn[nH]1. The Kier molecular flexibility index (Phi) is 5.36. The summed E-state index contributed by atoms with van der Waals surface area (Å²) >= 11 is 0. The third-order valence-corrected chi connectivity index (χ3v) is 7.01. The summed E-state index contributed by atoms with van der Waals surface area (Å²) in [4.78, 5) is 3.05. The molecule has 29 heavy (non-hydrogen) atoms. The van der Waals surface area contributed by atoms with E-state index in [0.29, 0.717) is 16.8 Å². The zero-order chi connectivity index (χ0) is 21.4. The number of pyridine rings is 1. The summed E-state index contributed by atoms with van der Waals surface area (Å²) in [7, 11) is -8.58. The summed E-state index contributed by atoms with van der Waals surface area (Å²) in [5, 5.41) is 18.6. The molecule has 12 nitrogen and oxygen atoms in total. The molecule has 0 atom stereocenters. The predicted molar refractivity (Wildman–Crippen MR) is 104 cm³/mol. The largest absolute Gasteiger partial charge is 0.384 e. The number of benzene rings is 1. The maximum atomic E-state index is 12.7. The number of hydrogen-bond donors (Lipinski definition) is 4. The molecule has 0 aliphatic rings. The van der Waals surface area contributed by atoms with Crippen LogP contribution in [0.4, 0.5) is 5.82 Å². The normalized spacial score (nSPS) is 12.2. The van der Waals surface area contributed by atoms with Crippen LogP contribution in [0.3, 0.4) is 0 Å². The maximum absolute atomic E-state index is 12.7. The van der Waals surface area contributed by atoms with Crippen molar-refractivity contribution in [2.24, 2.45) is 10.9 Å². The fourth-order valence-corrected chi connectivity index (χ4v) is 5.70. The number of nitrogens with two attached hydrogens (primary N) is 3. The van der Waals surface area contributed by atoms with Gasteiger partial charge < -0.3 is 11.5 Å². The van der Waals surface area contributed by atoms with E-state index in [2.05, 4.69) is 25.6 Å². The van der Waals surface area contributed by atoms with Crippen molar-refractivity contribution in [2.75, 3.05) is 18.0 Å². The molecule has 14 heteroatoms. The van der Waals surface area contributed by atoms with E-state index in [0.717, 1.165) is 0 Å². The highest BCUT2D eigenvalue weighted by Crippen LogP contribution is 2.39. The second-order valence-corrected chi connectivity index (χ2v) is 9.66. The first-order valence-corrected chi connectivity index (χ1v) is 11.4. The van der Waals surface area contributed by atoms with Crippen molar-refractivity contribution in [1.82, 2.24) is 25.6 Å². The molecular weight excluding hydrogens is 420 g/mol. The molecular formula is C15H18N8O4S2. The van der Waals surface area contributed by atoms with Gasteiger partial charge >= 0.3 is 0 Å². The first-order chi connectivity index (χ1) is 13.6. The number of rotatable bonds is 6. The highest BCUT2D eigenvalue weighted by Gasteiger charge is 2.31. The van der Waals surface area contributed by atoms with Gasteiger partial charge in [-0.25, -0.2) is 32.1 Å². The molecule has 3 rings (SSSR count). The van der Waals surface area contributed by atoms with Gasteiger partial charge in [-0.2, -0.15) is 0 Å². The number of aromatic amines is 1. The number of tetrazole rings is 1. The Morgan fingerprint density at radius 3 is 2.31 bits per heavy atom. The van der Waals surface area contributed by atoms with E-state index in [-0.39, 0.29) is 23.8 Å². The molecule has 0 saturated heterocycles. The average molecular weight is 438 g/mol. The van der Waals surface area contributed by atoms with Crippen molar-refractivity contribution in [3.8, 4) is 22.5 Å². The number of aromatic nitrogens is 5. The van der Waals surface area contributed by atoms with Crippen LogP contribution in [-0.4, -0.2) is 54.7 Å². The van der Waals surface area contributed by atoms with Gasteiger partial charge in [0.25, 0.3) is 0 Å². The molecule has 2 heterocycles. The van der Waals surface area contributed by atoms with E-state index in [1.807, 2.05) is 0 Å². The molecule has 0 radical (unpaired) electrons. The molecule has 0 amide bonds. The van der Waals surface area contributed by atoms with Crippen LogP contribution in [-0.2, 0) is 19.9 Å². The van der Waals surface area contributed by atoms with Crippen LogP contribution < -0.4 is 16.6 Å². The third-order valence-electron chi connectivity index (χ3n) is 4.11. The Balaban J connectivity index is 2.50. The van der Waals surface area contributed by atoms with Gasteiger partial charge in [0.15, 0.2) is 15.7 Å². The molecule has 7 N–H and O–H groups in total. The van der Waals surface area contributed by atoms with Crippen molar-refractivity contribution < 1.29 is 16.8 Å². The van der Waals surface area contributed by atoms with E-state index in [9.17, 15) is 16.8 Å². The lowest BCUT2D eigenvalue weighted by Crippen LogP contribution is -2.22. The fraction of sp³-hybridized carbons (Fsp3) is 0.200. The average Bonchev–Trinajstić information content (AvgIpc) is 3.14. The van der Waals surface area contributed by atoms with Crippen LogP contribution in [0.1, 0.15) is 5.69 Å². The Bertz CT molecular complexity index is 1270. The van der Waals surface area contributed by atoms with E-state index >= 15 is 0 Å². The van der Waals surface area contributed by atoms with Crippen molar-refractivity contribution in [3.05, 3.63) is 30.0 Å². The standard InChI is InChI=1S/C15H18N8O4S2/c1-8-9(3-5-12(17)19-8)10-2-4-11(28(24,25)7-6-16)14(29(18,26)27)13(10)15-20-22-23-21-15/h2-5H,6-7,16H2,1H3,(H2,17,19)(H2,18,26,27)(H,20,21,22,23). The number of anilines is 1. The Labute approximate surface area is 166 Å². The smallest absolute Gasteiger partial charge is 0.240 e. The summed E-state index contributed by atoms with van der Waals surface area (Å²) < 4.78 is 50.4. The van der Waals surface area contributed by atoms with Gasteiger partial charge in [-0.3, -0.25) is 0 Å². The molecule has 0 aliphatic heterocycles. The van der Waals surface area contributed by atoms with Gasteiger partial charge in [-0.15, -0.1) is 5.10 Å². The monoisotopic (exact) mass is 438 g/mol. The highest BCUT2D eigenvalue weighted by atomic mass is 32.2. The van der Waals surface area contributed by atoms with E-state index in [4.69, 9.17) is 16.6 Å². The first kappa shape index (κ1) is 20.8. The molecule has 0 bridgehead atoms. The highest BCUT2D eigenvalue weighted by molar-refractivity contribution is 7.93. The van der Waals surface area contributed by atoms with Gasteiger partial charge in [-0.05, 0) is 41.1 Å². The van der Waals surface area contributed by atoms with E-state index in [1.54, 1.807) is 13.0 Å². The molecule has 0 fully saturated rings. The topological polar surface area (TPSA) is 214 Å². The molecule has 3 aromatic rings. The van der Waals surface area contributed by atoms with E-state index < -0.39 is 35.4 Å². The number of aryl methyl sites for hydroxylation is 1. The number of nitrogen functional groups attached to an aromatic ring is 1. The van der Waals surface area contributed by atoms with Gasteiger partial charge in [0.2, 0.25) is 10.0 Å². The molecule has 2 aromatic heterocycles. The molecule has 0 aliphatic carbocycles. The number of hydrogen-bond acceptors (Lipinski definition) is 10. The zero-order valence-electron chi connectivity index (χ0n) is 15.2. The van der Waals surface area contributed by atoms with Gasteiger partial charge in [-0.1, -0.05) is 6.07 Å². The number of sulfone groups is 1. The van der Waals surface area contributed by atoms with Gasteiger partial charge in [0.1, 0.15) is 10.7 Å². The van der Waals surface area contributed by atoms with Crippen molar-refractivity contribution in [1.29, 1.82) is 0 Å². The van der Waals surface area contributed by atoms with Crippen LogP contribution in [0.15, 0.2) is 34.1 Å². The van der Waals surface area contributed by atoms with Crippen molar-refractivity contribution >= 4 is 25.7 Å². The number of sulfonamides is 1. The second-order valence-electron chi connectivity index (χ2n) is 6.09. The van der Waals surface area contributed by atoms with E-state index in [1.165, 1.54) is 18.2 Å². The zero-order valence-corrected chi connectivity index (χ0v) is 16.8. The second kappa shape index (κ2) is 7.47. The number of H-pyrrole nitrogens is 1. The Morgan fingerprint density at radius 1 is 1.07 bits per heavy atom. The summed E-state index contributed by atoms with van der Waals surface area (Å²) in [5.41, 5.74) is 12.3. The molecule has 154 valence electrons.